The van der Waals surface area contributed by atoms with Gasteiger partial charge in [0.05, 0.1) is 19.7 Å². The van der Waals surface area contributed by atoms with Crippen LogP contribution in [0.3, 0.4) is 0 Å². The van der Waals surface area contributed by atoms with Gasteiger partial charge in [0.1, 0.15) is 0 Å². The predicted molar refractivity (Wildman–Crippen MR) is 142 cm³/mol. The molecule has 0 saturated heterocycles. The Morgan fingerprint density at radius 2 is 1.66 bits per heavy atom. The number of nitrogens with zero attached hydrogens (tertiary/aromatic N) is 3. The zero-order chi connectivity index (χ0) is 25.5. The molecule has 0 bridgehead atoms. The van der Waals surface area contributed by atoms with E-state index in [0.717, 1.165) is 25.1 Å². The van der Waals surface area contributed by atoms with Gasteiger partial charge in [0, 0.05) is 44.6 Å². The van der Waals surface area contributed by atoms with E-state index in [1.54, 1.807) is 12.0 Å². The van der Waals surface area contributed by atoms with Crippen molar-refractivity contribution < 1.29 is 14.3 Å². The van der Waals surface area contributed by atoms with Crippen LogP contribution in [-0.2, 0) is 27.4 Å². The minimum absolute atomic E-state index is 0.0279. The number of hydrogen-bond donors (Lipinski definition) is 0. The molecule has 0 spiro atoms. The van der Waals surface area contributed by atoms with Crippen LogP contribution in [0.2, 0.25) is 0 Å². The van der Waals surface area contributed by atoms with Crippen LogP contribution in [0.1, 0.15) is 77.0 Å². The van der Waals surface area contributed by atoms with E-state index in [1.807, 2.05) is 43.0 Å². The highest BCUT2D eigenvalue weighted by Gasteiger charge is 2.23. The Balaban J connectivity index is 1.99. The summed E-state index contributed by atoms with van der Waals surface area (Å²) in [5.74, 6) is 0.0157. The predicted octanol–water partition coefficient (Wildman–Crippen LogP) is 5.50. The van der Waals surface area contributed by atoms with E-state index in [4.69, 9.17) is 4.74 Å². The number of carbonyl (C=O) groups is 2. The molecule has 194 valence electrons. The highest BCUT2D eigenvalue weighted by Crippen LogP contribution is 2.14. The van der Waals surface area contributed by atoms with Crippen molar-refractivity contribution in [3.05, 3.63) is 59.9 Å². The summed E-state index contributed by atoms with van der Waals surface area (Å²) in [4.78, 5) is 29.9. The maximum Gasteiger partial charge on any atom is 0.242 e. The summed E-state index contributed by atoms with van der Waals surface area (Å²) in [7, 11) is 1.62. The van der Waals surface area contributed by atoms with Crippen molar-refractivity contribution in [2.45, 2.75) is 84.8 Å². The Hall–Kier alpha value is -2.60. The van der Waals surface area contributed by atoms with Gasteiger partial charge in [0.25, 0.3) is 0 Å². The minimum Gasteiger partial charge on any atom is -0.383 e. The van der Waals surface area contributed by atoms with Gasteiger partial charge in [-0.15, -0.1) is 0 Å². The van der Waals surface area contributed by atoms with Gasteiger partial charge in [-0.2, -0.15) is 0 Å². The lowest BCUT2D eigenvalue weighted by Crippen LogP contribution is -2.46. The SMILES string of the molecule is CCCCCCCCC(=O)N(CCOC)CC(=O)N(Cc1cccn1Cc1ccccc1)C(C)C. The van der Waals surface area contributed by atoms with Crippen molar-refractivity contribution in [2.24, 2.45) is 0 Å². The normalized spacial score (nSPS) is 11.1. The monoisotopic (exact) mass is 483 g/mol. The molecule has 2 amide bonds. The first-order valence-electron chi connectivity index (χ1n) is 13.2. The summed E-state index contributed by atoms with van der Waals surface area (Å²) in [5.41, 5.74) is 2.30. The third-order valence-corrected chi connectivity index (χ3v) is 6.38. The molecule has 0 N–H and O–H groups in total. The summed E-state index contributed by atoms with van der Waals surface area (Å²) in [6, 6.07) is 14.4. The van der Waals surface area contributed by atoms with Gasteiger partial charge in [0.15, 0.2) is 0 Å². The van der Waals surface area contributed by atoms with E-state index < -0.39 is 0 Å². The molecule has 1 aromatic carbocycles. The van der Waals surface area contributed by atoms with Gasteiger partial charge in [-0.1, -0.05) is 69.4 Å². The largest absolute Gasteiger partial charge is 0.383 e. The average molecular weight is 484 g/mol. The summed E-state index contributed by atoms with van der Waals surface area (Å²) in [6.07, 6.45) is 9.35. The number of aromatic nitrogens is 1. The second kappa shape index (κ2) is 16.1. The standard InChI is InChI=1S/C29H45N3O3/c1-5-6-7-8-9-13-18-28(33)31(20-21-35-4)24-29(34)32(25(2)3)23-27-17-14-19-30(27)22-26-15-11-10-12-16-26/h10-12,14-17,19,25H,5-9,13,18,20-24H2,1-4H3. The van der Waals surface area contributed by atoms with E-state index in [1.165, 1.54) is 31.2 Å². The first kappa shape index (κ1) is 28.6. The second-order valence-corrected chi connectivity index (χ2v) is 9.55. The van der Waals surface area contributed by atoms with Crippen LogP contribution in [-0.4, -0.2) is 59.0 Å². The molecule has 1 heterocycles. The number of carbonyl (C=O) groups excluding carboxylic acids is 2. The van der Waals surface area contributed by atoms with Crippen LogP contribution in [0, 0.1) is 0 Å². The van der Waals surface area contributed by atoms with E-state index >= 15 is 0 Å². The zero-order valence-corrected chi connectivity index (χ0v) is 22.2. The molecule has 2 aromatic rings. The Labute approximate surface area is 212 Å². The number of hydrogen-bond acceptors (Lipinski definition) is 3. The zero-order valence-electron chi connectivity index (χ0n) is 22.2. The molecular formula is C29H45N3O3. The number of benzene rings is 1. The van der Waals surface area contributed by atoms with Crippen molar-refractivity contribution in [2.75, 3.05) is 26.8 Å². The highest BCUT2D eigenvalue weighted by molar-refractivity contribution is 5.85. The molecule has 6 nitrogen and oxygen atoms in total. The number of ether oxygens (including phenoxy) is 1. The van der Waals surface area contributed by atoms with Crippen molar-refractivity contribution in [1.29, 1.82) is 0 Å². The maximum absolute atomic E-state index is 13.4. The van der Waals surface area contributed by atoms with Gasteiger partial charge in [0.2, 0.25) is 11.8 Å². The molecule has 2 rings (SSSR count). The molecule has 0 aliphatic rings. The van der Waals surface area contributed by atoms with Crippen molar-refractivity contribution in [3.63, 3.8) is 0 Å². The van der Waals surface area contributed by atoms with Crippen LogP contribution in [0.5, 0.6) is 0 Å². The number of unbranched alkanes of at least 4 members (excludes halogenated alkanes) is 5. The van der Waals surface area contributed by atoms with Crippen LogP contribution < -0.4 is 0 Å². The molecule has 0 fully saturated rings. The summed E-state index contributed by atoms with van der Waals surface area (Å²) < 4.78 is 7.40. The van der Waals surface area contributed by atoms with Crippen molar-refractivity contribution >= 4 is 11.8 Å². The van der Waals surface area contributed by atoms with E-state index in [0.29, 0.717) is 26.1 Å². The lowest BCUT2D eigenvalue weighted by Gasteiger charge is -2.31. The lowest BCUT2D eigenvalue weighted by atomic mass is 10.1. The summed E-state index contributed by atoms with van der Waals surface area (Å²) >= 11 is 0. The molecule has 0 aliphatic carbocycles. The van der Waals surface area contributed by atoms with Crippen LogP contribution in [0.15, 0.2) is 48.7 Å². The Bertz CT molecular complexity index is 863. The number of rotatable bonds is 17. The van der Waals surface area contributed by atoms with Gasteiger partial charge in [-0.3, -0.25) is 9.59 Å². The van der Waals surface area contributed by atoms with Crippen LogP contribution in [0.25, 0.3) is 0 Å². The molecule has 1 aromatic heterocycles. The fourth-order valence-electron chi connectivity index (χ4n) is 4.22. The third kappa shape index (κ3) is 10.3. The van der Waals surface area contributed by atoms with Crippen molar-refractivity contribution in [1.82, 2.24) is 14.4 Å². The fraction of sp³-hybridized carbons (Fsp3) is 0.586. The molecular weight excluding hydrogens is 438 g/mol. The quantitative estimate of drug-likeness (QED) is 0.279. The average Bonchev–Trinajstić information content (AvgIpc) is 3.28. The van der Waals surface area contributed by atoms with Crippen molar-refractivity contribution in [3.8, 4) is 0 Å². The Kier molecular flexibility index (Phi) is 13.2. The Morgan fingerprint density at radius 3 is 2.34 bits per heavy atom. The molecule has 0 radical (unpaired) electrons. The summed E-state index contributed by atoms with van der Waals surface area (Å²) in [6.45, 7) is 8.50. The van der Waals surface area contributed by atoms with Gasteiger partial charge in [-0.25, -0.2) is 0 Å². The summed E-state index contributed by atoms with van der Waals surface area (Å²) in [5, 5.41) is 0. The van der Waals surface area contributed by atoms with E-state index in [-0.39, 0.29) is 24.4 Å². The topological polar surface area (TPSA) is 54.8 Å². The van der Waals surface area contributed by atoms with Gasteiger partial charge >= 0.3 is 0 Å². The maximum atomic E-state index is 13.4. The third-order valence-electron chi connectivity index (χ3n) is 6.38. The van der Waals surface area contributed by atoms with Gasteiger partial charge < -0.3 is 19.1 Å². The lowest BCUT2D eigenvalue weighted by molar-refractivity contribution is -0.142. The molecule has 0 atom stereocenters. The van der Waals surface area contributed by atoms with Crippen LogP contribution in [0.4, 0.5) is 0 Å². The van der Waals surface area contributed by atoms with Gasteiger partial charge in [-0.05, 0) is 38.0 Å². The molecule has 6 heteroatoms. The highest BCUT2D eigenvalue weighted by atomic mass is 16.5. The van der Waals surface area contributed by atoms with Crippen LogP contribution >= 0.6 is 0 Å². The first-order chi connectivity index (χ1) is 17.0. The first-order valence-corrected chi connectivity index (χ1v) is 13.2. The molecule has 0 aliphatic heterocycles. The molecule has 35 heavy (non-hydrogen) atoms. The van der Waals surface area contributed by atoms with E-state index in [2.05, 4.69) is 35.9 Å². The Morgan fingerprint density at radius 1 is 0.943 bits per heavy atom. The molecule has 0 saturated carbocycles. The number of amides is 2. The number of methoxy groups -OCH3 is 1. The fourth-order valence-corrected chi connectivity index (χ4v) is 4.22. The smallest absolute Gasteiger partial charge is 0.242 e. The molecule has 0 unspecified atom stereocenters. The van der Waals surface area contributed by atoms with E-state index in [9.17, 15) is 9.59 Å². The minimum atomic E-state index is -0.0279. The second-order valence-electron chi connectivity index (χ2n) is 9.55.